The first kappa shape index (κ1) is 11.6. The second-order valence-corrected chi connectivity index (χ2v) is 5.28. The van der Waals surface area contributed by atoms with Crippen molar-refractivity contribution in [1.29, 1.82) is 0 Å². The van der Waals surface area contributed by atoms with Gasteiger partial charge in [-0.15, -0.1) is 0 Å². The molecular weight excluding hydrogens is 244 g/mol. The second kappa shape index (κ2) is 4.17. The minimum Gasteiger partial charge on any atom is -0.326 e. The molecule has 0 unspecified atom stereocenters. The molecule has 0 aliphatic heterocycles. The van der Waals surface area contributed by atoms with E-state index in [1.54, 1.807) is 0 Å². The van der Waals surface area contributed by atoms with Gasteiger partial charge in [0.1, 0.15) is 0 Å². The molecule has 0 spiro atoms. The van der Waals surface area contributed by atoms with Crippen molar-refractivity contribution in [3.8, 4) is 0 Å². The SMILES string of the molecule is NCc1ccc2ccc3c(CN)ccc4ccc1c2c43. The van der Waals surface area contributed by atoms with Crippen LogP contribution in [0.25, 0.3) is 32.3 Å². The van der Waals surface area contributed by atoms with E-state index in [-0.39, 0.29) is 0 Å². The lowest BCUT2D eigenvalue weighted by Crippen LogP contribution is -2.00. The van der Waals surface area contributed by atoms with Crippen LogP contribution < -0.4 is 11.5 Å². The van der Waals surface area contributed by atoms with Gasteiger partial charge in [-0.05, 0) is 43.4 Å². The molecule has 0 aliphatic carbocycles. The summed E-state index contributed by atoms with van der Waals surface area (Å²) in [6.45, 7) is 1.13. The molecule has 98 valence electrons. The van der Waals surface area contributed by atoms with E-state index in [1.165, 1.54) is 43.4 Å². The maximum Gasteiger partial charge on any atom is 0.0184 e. The number of benzene rings is 4. The van der Waals surface area contributed by atoms with Crippen molar-refractivity contribution in [3.63, 3.8) is 0 Å². The topological polar surface area (TPSA) is 52.0 Å². The molecule has 2 heteroatoms. The zero-order chi connectivity index (χ0) is 13.7. The molecule has 20 heavy (non-hydrogen) atoms. The first-order chi connectivity index (χ1) is 9.83. The molecule has 0 aliphatic rings. The smallest absolute Gasteiger partial charge is 0.0184 e. The summed E-state index contributed by atoms with van der Waals surface area (Å²) in [5.41, 5.74) is 14.2. The lowest BCUT2D eigenvalue weighted by molar-refractivity contribution is 1.09. The van der Waals surface area contributed by atoms with E-state index in [9.17, 15) is 0 Å². The second-order valence-electron chi connectivity index (χ2n) is 5.28. The van der Waals surface area contributed by atoms with Crippen molar-refractivity contribution >= 4 is 32.3 Å². The third-order valence-electron chi connectivity index (χ3n) is 4.29. The third-order valence-corrected chi connectivity index (χ3v) is 4.29. The van der Waals surface area contributed by atoms with Gasteiger partial charge in [-0.1, -0.05) is 48.5 Å². The molecule has 4 N–H and O–H groups in total. The maximum atomic E-state index is 5.88. The van der Waals surface area contributed by atoms with Gasteiger partial charge in [-0.25, -0.2) is 0 Å². The molecule has 0 heterocycles. The van der Waals surface area contributed by atoms with Crippen molar-refractivity contribution in [3.05, 3.63) is 59.7 Å². The third kappa shape index (κ3) is 1.40. The van der Waals surface area contributed by atoms with Crippen LogP contribution in [0, 0.1) is 0 Å². The molecule has 0 saturated carbocycles. The molecule has 0 amide bonds. The van der Waals surface area contributed by atoms with Gasteiger partial charge < -0.3 is 11.5 Å². The van der Waals surface area contributed by atoms with E-state index < -0.39 is 0 Å². The summed E-state index contributed by atoms with van der Waals surface area (Å²) in [5.74, 6) is 0. The van der Waals surface area contributed by atoms with E-state index in [2.05, 4.69) is 48.5 Å². The van der Waals surface area contributed by atoms with Gasteiger partial charge in [-0.3, -0.25) is 0 Å². The standard InChI is InChI=1S/C18H16N2/c19-9-13-3-1-11-5-7-16-14(10-20)4-2-12-6-8-15(13)17(11)18(12)16/h1-8H,9-10,19-20H2. The summed E-state index contributed by atoms with van der Waals surface area (Å²) in [6.07, 6.45) is 0. The molecule has 4 aromatic rings. The summed E-state index contributed by atoms with van der Waals surface area (Å²) in [7, 11) is 0. The van der Waals surface area contributed by atoms with Crippen LogP contribution in [-0.2, 0) is 13.1 Å². The van der Waals surface area contributed by atoms with Crippen LogP contribution in [-0.4, -0.2) is 0 Å². The highest BCUT2D eigenvalue weighted by Gasteiger charge is 2.11. The van der Waals surface area contributed by atoms with Crippen LogP contribution >= 0.6 is 0 Å². The predicted octanol–water partition coefficient (Wildman–Crippen LogP) is 3.50. The number of hydrogen-bond donors (Lipinski definition) is 2. The molecule has 0 radical (unpaired) electrons. The quantitative estimate of drug-likeness (QED) is 0.542. The Hall–Kier alpha value is -2.16. The zero-order valence-corrected chi connectivity index (χ0v) is 11.2. The Bertz CT molecular complexity index is 847. The monoisotopic (exact) mass is 260 g/mol. The molecule has 0 bridgehead atoms. The molecular formula is C18H16N2. The van der Waals surface area contributed by atoms with Crippen LogP contribution in [0.4, 0.5) is 0 Å². The van der Waals surface area contributed by atoms with Gasteiger partial charge >= 0.3 is 0 Å². The average Bonchev–Trinajstić information content (AvgIpc) is 2.52. The van der Waals surface area contributed by atoms with Crippen molar-refractivity contribution in [1.82, 2.24) is 0 Å². The number of nitrogens with two attached hydrogens (primary N) is 2. The van der Waals surface area contributed by atoms with Gasteiger partial charge in [0.25, 0.3) is 0 Å². The Morgan fingerprint density at radius 1 is 0.550 bits per heavy atom. The van der Waals surface area contributed by atoms with Crippen molar-refractivity contribution < 1.29 is 0 Å². The van der Waals surface area contributed by atoms with E-state index in [0.717, 1.165) is 0 Å². The Balaban J connectivity index is 2.33. The highest BCUT2D eigenvalue weighted by molar-refractivity contribution is 6.24. The van der Waals surface area contributed by atoms with Crippen molar-refractivity contribution in [2.75, 3.05) is 0 Å². The summed E-state index contributed by atoms with van der Waals surface area (Å²) in [5, 5.41) is 7.69. The molecule has 0 atom stereocenters. The fraction of sp³-hybridized carbons (Fsp3) is 0.111. The van der Waals surface area contributed by atoms with Gasteiger partial charge in [0.15, 0.2) is 0 Å². The minimum atomic E-state index is 0.567. The molecule has 0 aromatic heterocycles. The van der Waals surface area contributed by atoms with E-state index in [0.29, 0.717) is 13.1 Å². The lowest BCUT2D eigenvalue weighted by atomic mass is 9.90. The summed E-state index contributed by atoms with van der Waals surface area (Å²) in [4.78, 5) is 0. The highest BCUT2D eigenvalue weighted by atomic mass is 14.5. The van der Waals surface area contributed by atoms with E-state index in [1.807, 2.05) is 0 Å². The van der Waals surface area contributed by atoms with E-state index >= 15 is 0 Å². The lowest BCUT2D eigenvalue weighted by Gasteiger charge is -2.15. The van der Waals surface area contributed by atoms with Gasteiger partial charge in [0.2, 0.25) is 0 Å². The Labute approximate surface area is 117 Å². The predicted molar refractivity (Wildman–Crippen MR) is 85.9 cm³/mol. The van der Waals surface area contributed by atoms with Gasteiger partial charge in [0, 0.05) is 13.1 Å². The Morgan fingerprint density at radius 3 is 1.35 bits per heavy atom. The zero-order valence-electron chi connectivity index (χ0n) is 11.2. The molecule has 2 nitrogen and oxygen atoms in total. The van der Waals surface area contributed by atoms with Gasteiger partial charge in [-0.2, -0.15) is 0 Å². The molecule has 4 rings (SSSR count). The molecule has 0 fully saturated rings. The van der Waals surface area contributed by atoms with Crippen LogP contribution in [0.3, 0.4) is 0 Å². The number of rotatable bonds is 2. The average molecular weight is 260 g/mol. The molecule has 4 aromatic carbocycles. The first-order valence-corrected chi connectivity index (χ1v) is 6.92. The summed E-state index contributed by atoms with van der Waals surface area (Å²) in [6, 6.07) is 17.3. The number of hydrogen-bond acceptors (Lipinski definition) is 2. The summed E-state index contributed by atoms with van der Waals surface area (Å²) >= 11 is 0. The first-order valence-electron chi connectivity index (χ1n) is 6.92. The van der Waals surface area contributed by atoms with Crippen molar-refractivity contribution in [2.24, 2.45) is 11.5 Å². The summed E-state index contributed by atoms with van der Waals surface area (Å²) < 4.78 is 0. The fourth-order valence-corrected chi connectivity index (χ4v) is 3.28. The fourth-order valence-electron chi connectivity index (χ4n) is 3.28. The molecule has 0 saturated heterocycles. The van der Waals surface area contributed by atoms with Crippen LogP contribution in [0.15, 0.2) is 48.5 Å². The Kier molecular flexibility index (Phi) is 2.43. The van der Waals surface area contributed by atoms with Crippen LogP contribution in [0.2, 0.25) is 0 Å². The van der Waals surface area contributed by atoms with Crippen LogP contribution in [0.5, 0.6) is 0 Å². The maximum absolute atomic E-state index is 5.88. The Morgan fingerprint density at radius 2 is 0.950 bits per heavy atom. The van der Waals surface area contributed by atoms with Gasteiger partial charge in [0.05, 0.1) is 0 Å². The highest BCUT2D eigenvalue weighted by Crippen LogP contribution is 2.37. The minimum absolute atomic E-state index is 0.567. The normalized spacial score (nSPS) is 11.9. The van der Waals surface area contributed by atoms with Crippen LogP contribution in [0.1, 0.15) is 11.1 Å². The van der Waals surface area contributed by atoms with Crippen molar-refractivity contribution in [2.45, 2.75) is 13.1 Å². The van der Waals surface area contributed by atoms with E-state index in [4.69, 9.17) is 11.5 Å². The largest absolute Gasteiger partial charge is 0.326 e.